The molecule has 1 atom stereocenters. The molecule has 9 nitrogen and oxygen atoms in total. The summed E-state index contributed by atoms with van der Waals surface area (Å²) in [5.41, 5.74) is 5.91. The van der Waals surface area contributed by atoms with Gasteiger partial charge in [0.2, 0.25) is 11.8 Å². The summed E-state index contributed by atoms with van der Waals surface area (Å²) in [5.74, 6) is -0.826. The van der Waals surface area contributed by atoms with Crippen LogP contribution < -0.4 is 10.6 Å². The molecule has 3 N–H and O–H groups in total. The highest BCUT2D eigenvalue weighted by Gasteiger charge is 2.39. The van der Waals surface area contributed by atoms with Gasteiger partial charge in [0.15, 0.2) is 0 Å². The number of aromatic amines is 1. The van der Waals surface area contributed by atoms with E-state index in [9.17, 15) is 14.4 Å². The molecule has 1 unspecified atom stereocenters. The minimum Gasteiger partial charge on any atom is -0.322 e. The second-order valence-corrected chi connectivity index (χ2v) is 9.60. The number of nitrogens with zero attached hydrogens (tertiary/aromatic N) is 3. The molecule has 0 radical (unpaired) electrons. The zero-order chi connectivity index (χ0) is 24.5. The molecule has 0 saturated carbocycles. The van der Waals surface area contributed by atoms with Gasteiger partial charge in [0.1, 0.15) is 6.04 Å². The molecule has 2 fully saturated rings. The van der Waals surface area contributed by atoms with Crippen LogP contribution in [0, 0.1) is 6.92 Å². The summed E-state index contributed by atoms with van der Waals surface area (Å²) in [7, 11) is 1.96. The molecule has 3 amide bonds. The number of hydrogen-bond acceptors (Lipinski definition) is 5. The Kier molecular flexibility index (Phi) is 6.44. The number of benzene rings is 1. The average molecular weight is 477 g/mol. The first-order chi connectivity index (χ1) is 16.9. The number of carbonyl (C=O) groups excluding carboxylic acids is 3. The molecule has 5 rings (SSSR count). The van der Waals surface area contributed by atoms with Gasteiger partial charge in [-0.2, -0.15) is 0 Å². The standard InChI is InChI=1S/C26H32N6O3/c1-17-7-10-30(2)29-22(14-19(17)15-31-11-8-27-9-12-31)18-3-4-21-20(13-18)16-32(26(21)35)23-5-6-24(33)28-25(23)34/h3-4,7,10,13-14,23,27,29H,5-6,8-9,11-12,15-16H2,1-2H3,(H,28,33,34). The van der Waals surface area contributed by atoms with Crippen molar-refractivity contribution in [1.29, 1.82) is 0 Å². The predicted molar refractivity (Wildman–Crippen MR) is 132 cm³/mol. The van der Waals surface area contributed by atoms with E-state index >= 15 is 0 Å². The van der Waals surface area contributed by atoms with Crippen molar-refractivity contribution < 1.29 is 14.4 Å². The number of rotatable bonds is 4. The Morgan fingerprint density at radius 2 is 1.86 bits per heavy atom. The van der Waals surface area contributed by atoms with E-state index in [1.54, 1.807) is 4.90 Å². The lowest BCUT2D eigenvalue weighted by Crippen LogP contribution is -2.52. The van der Waals surface area contributed by atoms with Gasteiger partial charge >= 0.3 is 0 Å². The minimum absolute atomic E-state index is 0.157. The third-order valence-corrected chi connectivity index (χ3v) is 7.11. The van der Waals surface area contributed by atoms with E-state index in [0.29, 0.717) is 18.5 Å². The molecule has 3 aliphatic heterocycles. The molecule has 0 spiro atoms. The highest BCUT2D eigenvalue weighted by atomic mass is 16.2. The van der Waals surface area contributed by atoms with Crippen LogP contribution in [0.3, 0.4) is 0 Å². The van der Waals surface area contributed by atoms with Crippen molar-refractivity contribution in [2.75, 3.05) is 26.2 Å². The van der Waals surface area contributed by atoms with Crippen molar-refractivity contribution >= 4 is 17.7 Å². The van der Waals surface area contributed by atoms with Crippen molar-refractivity contribution in [2.24, 2.45) is 7.05 Å². The maximum Gasteiger partial charge on any atom is 0.255 e. The fourth-order valence-electron chi connectivity index (χ4n) is 5.05. The smallest absolute Gasteiger partial charge is 0.255 e. The van der Waals surface area contributed by atoms with Crippen molar-refractivity contribution in [2.45, 2.75) is 38.9 Å². The second kappa shape index (κ2) is 9.67. The van der Waals surface area contributed by atoms with Crippen LogP contribution in [0.2, 0.25) is 0 Å². The Bertz CT molecular complexity index is 1220. The third kappa shape index (κ3) is 4.87. The molecule has 9 heteroatoms. The molecule has 0 aliphatic carbocycles. The number of imide groups is 1. The van der Waals surface area contributed by atoms with Crippen molar-refractivity contribution in [3.8, 4) is 11.3 Å². The molecule has 3 aliphatic rings. The van der Waals surface area contributed by atoms with Gasteiger partial charge in [-0.1, -0.05) is 6.07 Å². The van der Waals surface area contributed by atoms with Gasteiger partial charge in [-0.25, -0.2) is 0 Å². The number of piperidine rings is 1. The van der Waals surface area contributed by atoms with Gasteiger partial charge in [0.05, 0.1) is 5.69 Å². The minimum atomic E-state index is -0.609. The van der Waals surface area contributed by atoms with E-state index in [0.717, 1.165) is 49.5 Å². The number of carbonyl (C=O) groups is 3. The molecule has 1 aromatic carbocycles. The first kappa shape index (κ1) is 23.3. The number of piperazine rings is 1. The van der Waals surface area contributed by atoms with Gasteiger partial charge in [0.25, 0.3) is 5.91 Å². The highest BCUT2D eigenvalue weighted by Crippen LogP contribution is 2.31. The van der Waals surface area contributed by atoms with E-state index in [1.807, 2.05) is 36.1 Å². The van der Waals surface area contributed by atoms with Gasteiger partial charge in [0, 0.05) is 64.5 Å². The lowest BCUT2D eigenvalue weighted by Gasteiger charge is -2.29. The second-order valence-electron chi connectivity index (χ2n) is 9.60. The number of amides is 3. The molecule has 1 aromatic heterocycles. The Morgan fingerprint density at radius 1 is 1.06 bits per heavy atom. The van der Waals surface area contributed by atoms with Crippen molar-refractivity contribution in [1.82, 2.24) is 30.2 Å². The molecule has 0 bridgehead atoms. The third-order valence-electron chi connectivity index (χ3n) is 7.11. The van der Waals surface area contributed by atoms with E-state index in [-0.39, 0.29) is 18.2 Å². The van der Waals surface area contributed by atoms with Gasteiger partial charge in [-0.15, -0.1) is 0 Å². The number of nitrogens with one attached hydrogen (secondary N) is 3. The number of aromatic nitrogens is 2. The summed E-state index contributed by atoms with van der Waals surface area (Å²) in [4.78, 5) is 41.0. The van der Waals surface area contributed by atoms with Crippen LogP contribution in [0.5, 0.6) is 0 Å². The first-order valence-electron chi connectivity index (χ1n) is 12.2. The average Bonchev–Trinajstić information content (AvgIpc) is 3.17. The summed E-state index contributed by atoms with van der Waals surface area (Å²) in [5, 5.41) is 9.22. The van der Waals surface area contributed by atoms with E-state index in [4.69, 9.17) is 0 Å². The number of fused-ring (bicyclic) bond motifs is 1. The topological polar surface area (TPSA) is 102 Å². The fraction of sp³-hybridized carbons (Fsp3) is 0.423. The van der Waals surface area contributed by atoms with Crippen LogP contribution >= 0.6 is 0 Å². The van der Waals surface area contributed by atoms with Gasteiger partial charge in [-0.05, 0) is 59.9 Å². The Labute approximate surface area is 204 Å². The number of hydrogen-bond donors (Lipinski definition) is 3. The van der Waals surface area contributed by atoms with Crippen LogP contribution in [0.25, 0.3) is 11.3 Å². The number of aryl methyl sites for hydroxylation is 2. The summed E-state index contributed by atoms with van der Waals surface area (Å²) in [6.45, 7) is 7.42. The fourth-order valence-corrected chi connectivity index (χ4v) is 5.05. The molecule has 2 aromatic rings. The van der Waals surface area contributed by atoms with Crippen LogP contribution in [-0.2, 0) is 29.7 Å². The number of H-pyrrole nitrogens is 1. The van der Waals surface area contributed by atoms with Crippen molar-refractivity contribution in [3.63, 3.8) is 0 Å². The van der Waals surface area contributed by atoms with E-state index in [2.05, 4.69) is 39.7 Å². The lowest BCUT2D eigenvalue weighted by molar-refractivity contribution is -0.136. The SMILES string of the molecule is Cc1ccn(C)[nH]c(-c2ccc3c(c2)CN(C2CCC(=O)NC2=O)C3=O)cc1CN1CCNCC1. The molecular formula is C26H32N6O3. The first-order valence-corrected chi connectivity index (χ1v) is 12.2. The molecule has 35 heavy (non-hydrogen) atoms. The molecule has 184 valence electrons. The predicted octanol–water partition coefficient (Wildman–Crippen LogP) is 1.62. The zero-order valence-electron chi connectivity index (χ0n) is 20.3. The highest BCUT2D eigenvalue weighted by molar-refractivity contribution is 6.05. The maximum absolute atomic E-state index is 13.1. The van der Waals surface area contributed by atoms with Gasteiger partial charge in [-0.3, -0.25) is 34.4 Å². The summed E-state index contributed by atoms with van der Waals surface area (Å²) in [6.07, 6.45) is 2.63. The molecule has 2 saturated heterocycles. The Hall–Kier alpha value is -3.43. The molecular weight excluding hydrogens is 444 g/mol. The van der Waals surface area contributed by atoms with Crippen LogP contribution in [-0.4, -0.2) is 69.5 Å². The van der Waals surface area contributed by atoms with Crippen LogP contribution in [0.4, 0.5) is 0 Å². The Balaban J connectivity index is 1.46. The van der Waals surface area contributed by atoms with E-state index < -0.39 is 11.9 Å². The lowest BCUT2D eigenvalue weighted by atomic mass is 10.0. The quantitative estimate of drug-likeness (QED) is 0.582. The van der Waals surface area contributed by atoms with E-state index in [1.165, 1.54) is 11.1 Å². The van der Waals surface area contributed by atoms with Gasteiger partial charge < -0.3 is 10.2 Å². The largest absolute Gasteiger partial charge is 0.322 e. The van der Waals surface area contributed by atoms with Crippen LogP contribution in [0.1, 0.15) is 39.9 Å². The summed E-state index contributed by atoms with van der Waals surface area (Å²) in [6, 6.07) is 9.56. The van der Waals surface area contributed by atoms with Crippen molar-refractivity contribution in [3.05, 3.63) is 58.8 Å². The Morgan fingerprint density at radius 3 is 2.63 bits per heavy atom. The summed E-state index contributed by atoms with van der Waals surface area (Å²) >= 11 is 0. The normalized spacial score (nSPS) is 20.6. The zero-order valence-corrected chi connectivity index (χ0v) is 20.3. The molecule has 4 heterocycles. The summed E-state index contributed by atoms with van der Waals surface area (Å²) < 4.78 is 1.92. The van der Waals surface area contributed by atoms with Crippen LogP contribution in [0.15, 0.2) is 36.5 Å². The maximum atomic E-state index is 13.1. The monoisotopic (exact) mass is 476 g/mol.